The molecule has 0 aliphatic carbocycles. The Hall–Kier alpha value is -4.09. The third-order valence-electron chi connectivity index (χ3n) is 4.99. The van der Waals surface area contributed by atoms with Crippen molar-refractivity contribution < 1.29 is 19.4 Å². The second-order valence-corrected chi connectivity index (χ2v) is 7.73. The number of hydrogen-bond acceptors (Lipinski definition) is 7. The molecule has 0 bridgehead atoms. The number of nitrogens with two attached hydrogens (primary N) is 1. The van der Waals surface area contributed by atoms with E-state index in [2.05, 4.69) is 25.6 Å². The number of hydrogen-bond donors (Lipinski definition) is 5. The zero-order chi connectivity index (χ0) is 24.5. The number of aliphatic carboxylic acids is 1. The summed E-state index contributed by atoms with van der Waals surface area (Å²) in [6, 6.07) is 6.40. The van der Waals surface area contributed by atoms with Gasteiger partial charge >= 0.3 is 23.7 Å². The van der Waals surface area contributed by atoms with Crippen LogP contribution in [0.2, 0.25) is 0 Å². The summed E-state index contributed by atoms with van der Waals surface area (Å²) in [6.07, 6.45) is 2.93. The summed E-state index contributed by atoms with van der Waals surface area (Å²) in [7, 11) is 0. The summed E-state index contributed by atoms with van der Waals surface area (Å²) in [5.41, 5.74) is 7.47. The highest BCUT2D eigenvalue weighted by Crippen LogP contribution is 2.18. The minimum Gasteiger partial charge on any atom is -0.481 e. The molecule has 2 heterocycles. The predicted octanol–water partition coefficient (Wildman–Crippen LogP) is 2.11. The first kappa shape index (κ1) is 24.6. The Bertz CT molecular complexity index is 1200. The molecule has 1 aromatic carbocycles. The van der Waals surface area contributed by atoms with Gasteiger partial charge in [-0.3, -0.25) is 9.36 Å². The van der Waals surface area contributed by atoms with Crippen LogP contribution in [0, 0.1) is 0 Å². The van der Waals surface area contributed by atoms with Crippen molar-refractivity contribution in [2.24, 2.45) is 0 Å². The Kier molecular flexibility index (Phi) is 8.43. The van der Waals surface area contributed by atoms with E-state index < -0.39 is 12.0 Å². The summed E-state index contributed by atoms with van der Waals surface area (Å²) in [4.78, 5) is 46.4. The van der Waals surface area contributed by atoms with E-state index in [1.165, 1.54) is 4.57 Å². The maximum Gasteiger partial charge on any atom is 0.327 e. The molecule has 2 amide bonds. The van der Waals surface area contributed by atoms with Crippen molar-refractivity contribution in [3.63, 3.8) is 0 Å². The van der Waals surface area contributed by atoms with Gasteiger partial charge in [-0.25, -0.2) is 9.59 Å². The van der Waals surface area contributed by atoms with Crippen molar-refractivity contribution in [1.82, 2.24) is 24.8 Å². The number of benzene rings is 1. The molecule has 0 saturated heterocycles. The van der Waals surface area contributed by atoms with E-state index >= 15 is 0 Å². The highest BCUT2D eigenvalue weighted by molar-refractivity contribution is 5.89. The van der Waals surface area contributed by atoms with Gasteiger partial charge in [-0.15, -0.1) is 0 Å². The lowest BCUT2D eigenvalue weighted by Crippen LogP contribution is -2.29. The predicted molar refractivity (Wildman–Crippen MR) is 127 cm³/mol. The second-order valence-electron chi connectivity index (χ2n) is 7.73. The number of aryl methyl sites for hydroxylation is 1. The van der Waals surface area contributed by atoms with Gasteiger partial charge in [0.15, 0.2) is 11.5 Å². The average molecular weight is 472 g/mol. The summed E-state index contributed by atoms with van der Waals surface area (Å²) in [5.74, 6) is -0.789. The van der Waals surface area contributed by atoms with E-state index in [9.17, 15) is 14.4 Å². The molecular formula is C22H29N7O5. The maximum atomic E-state index is 12.4. The number of aromatic amines is 1. The van der Waals surface area contributed by atoms with Crippen LogP contribution in [-0.2, 0) is 17.8 Å². The molecule has 0 unspecified atom stereocenters. The number of amides is 2. The number of carbonyl (C=O) groups is 2. The van der Waals surface area contributed by atoms with Crippen LogP contribution >= 0.6 is 0 Å². The van der Waals surface area contributed by atoms with Crippen molar-refractivity contribution in [1.29, 1.82) is 0 Å². The first-order valence-corrected chi connectivity index (χ1v) is 11.1. The van der Waals surface area contributed by atoms with Crippen molar-refractivity contribution in [3.05, 3.63) is 40.3 Å². The van der Waals surface area contributed by atoms with Crippen LogP contribution in [0.1, 0.15) is 38.2 Å². The van der Waals surface area contributed by atoms with Gasteiger partial charge in [-0.1, -0.05) is 25.5 Å². The second kappa shape index (κ2) is 11.7. The number of rotatable bonds is 12. The summed E-state index contributed by atoms with van der Waals surface area (Å²) in [5, 5.41) is 14.3. The first-order chi connectivity index (χ1) is 16.4. The summed E-state index contributed by atoms with van der Waals surface area (Å²) in [6.45, 7) is 3.28. The number of urea groups is 1. The molecule has 0 atom stereocenters. The lowest BCUT2D eigenvalue weighted by atomic mass is 10.1. The Morgan fingerprint density at radius 2 is 2.06 bits per heavy atom. The number of imidazole rings is 1. The molecule has 6 N–H and O–H groups in total. The normalized spacial score (nSPS) is 10.9. The van der Waals surface area contributed by atoms with Crippen LogP contribution in [0.25, 0.3) is 11.2 Å². The van der Waals surface area contributed by atoms with Gasteiger partial charge in [0.1, 0.15) is 5.52 Å². The molecule has 0 radical (unpaired) electrons. The number of fused-ring (bicyclic) bond motifs is 1. The van der Waals surface area contributed by atoms with E-state index in [0.717, 1.165) is 12.8 Å². The lowest BCUT2D eigenvalue weighted by molar-refractivity contribution is -0.136. The largest absolute Gasteiger partial charge is 0.481 e. The number of carboxylic acids is 1. The fourth-order valence-electron chi connectivity index (χ4n) is 3.32. The minimum atomic E-state index is -0.940. The molecular weight excluding hydrogens is 442 g/mol. The number of anilines is 2. The van der Waals surface area contributed by atoms with Gasteiger partial charge in [-0.05, 0) is 37.0 Å². The number of ether oxygens (including phenoxy) is 1. The van der Waals surface area contributed by atoms with Crippen LogP contribution in [0.5, 0.6) is 6.01 Å². The number of aromatic nitrogens is 4. The Balaban J connectivity index is 1.50. The summed E-state index contributed by atoms with van der Waals surface area (Å²) < 4.78 is 7.01. The molecule has 34 heavy (non-hydrogen) atoms. The van der Waals surface area contributed by atoms with Crippen molar-refractivity contribution >= 4 is 34.7 Å². The molecule has 12 heteroatoms. The van der Waals surface area contributed by atoms with Crippen molar-refractivity contribution in [2.45, 2.75) is 45.6 Å². The Morgan fingerprint density at radius 3 is 2.82 bits per heavy atom. The number of unbranched alkanes of at least 4 members (excludes halogenated alkanes) is 2. The Labute approximate surface area is 195 Å². The van der Waals surface area contributed by atoms with E-state index in [1.807, 2.05) is 6.92 Å². The number of nitrogens with one attached hydrogen (secondary N) is 3. The van der Waals surface area contributed by atoms with Gasteiger partial charge in [0.25, 0.3) is 0 Å². The molecule has 0 saturated carbocycles. The molecule has 2 aromatic heterocycles. The van der Waals surface area contributed by atoms with Crippen LogP contribution < -0.4 is 26.8 Å². The molecule has 12 nitrogen and oxygen atoms in total. The summed E-state index contributed by atoms with van der Waals surface area (Å²) >= 11 is 0. The highest BCUT2D eigenvalue weighted by atomic mass is 16.5. The number of carbonyl (C=O) groups excluding carboxylic acids is 1. The third-order valence-corrected chi connectivity index (χ3v) is 4.99. The SMILES string of the molecule is CCCCOc1nc(N)c2[nH]c(=O)n(CCCCNC(=O)Nc3cccc(CC(=O)O)c3)c2n1. The van der Waals surface area contributed by atoms with E-state index in [1.54, 1.807) is 24.3 Å². The Morgan fingerprint density at radius 1 is 1.24 bits per heavy atom. The van der Waals surface area contributed by atoms with Crippen molar-refractivity contribution in [3.8, 4) is 6.01 Å². The van der Waals surface area contributed by atoms with Crippen LogP contribution in [0.3, 0.4) is 0 Å². The maximum absolute atomic E-state index is 12.4. The van der Waals surface area contributed by atoms with Crippen LogP contribution in [0.15, 0.2) is 29.1 Å². The van der Waals surface area contributed by atoms with Gasteiger partial charge in [-0.2, -0.15) is 9.97 Å². The van der Waals surface area contributed by atoms with Gasteiger partial charge in [0.05, 0.1) is 13.0 Å². The van der Waals surface area contributed by atoms with E-state index in [0.29, 0.717) is 55.0 Å². The smallest absolute Gasteiger partial charge is 0.327 e. The molecule has 0 aliphatic rings. The van der Waals surface area contributed by atoms with E-state index in [-0.39, 0.29) is 23.9 Å². The van der Waals surface area contributed by atoms with Crippen LogP contribution in [-0.4, -0.2) is 49.8 Å². The average Bonchev–Trinajstić information content (AvgIpc) is 3.09. The van der Waals surface area contributed by atoms with Gasteiger partial charge in [0, 0.05) is 18.8 Å². The highest BCUT2D eigenvalue weighted by Gasteiger charge is 2.14. The minimum absolute atomic E-state index is 0.118. The molecule has 0 spiro atoms. The van der Waals surface area contributed by atoms with E-state index in [4.69, 9.17) is 15.6 Å². The fourth-order valence-corrected chi connectivity index (χ4v) is 3.32. The third kappa shape index (κ3) is 6.70. The van der Waals surface area contributed by atoms with Crippen molar-refractivity contribution in [2.75, 3.05) is 24.2 Å². The molecule has 182 valence electrons. The monoisotopic (exact) mass is 471 g/mol. The number of carboxylic acid groups (broad SMARTS) is 1. The number of nitrogen functional groups attached to an aromatic ring is 1. The number of H-pyrrole nitrogens is 1. The zero-order valence-electron chi connectivity index (χ0n) is 19.0. The van der Waals surface area contributed by atoms with Crippen LogP contribution in [0.4, 0.5) is 16.3 Å². The molecule has 3 rings (SSSR count). The molecule has 0 aliphatic heterocycles. The molecule has 3 aromatic rings. The fraction of sp³-hybridized carbons (Fsp3) is 0.409. The molecule has 0 fully saturated rings. The standard InChI is InChI=1S/C22H29N7O5/c1-2-3-11-34-21-27-18(23)17-19(28-21)29(22(33)26-17)10-5-4-9-24-20(32)25-15-8-6-7-14(12-15)13-16(30)31/h6-8,12H,2-5,9-11,13H2,1H3,(H,26,33)(H,30,31)(H2,23,27,28)(H2,24,25,32). The zero-order valence-corrected chi connectivity index (χ0v) is 19.0. The quantitative estimate of drug-likeness (QED) is 0.249. The lowest BCUT2D eigenvalue weighted by Gasteiger charge is -2.09. The van der Waals surface area contributed by atoms with Gasteiger partial charge in [0.2, 0.25) is 0 Å². The van der Waals surface area contributed by atoms with Gasteiger partial charge < -0.3 is 31.2 Å². The topological polar surface area (TPSA) is 177 Å². The first-order valence-electron chi connectivity index (χ1n) is 11.1. The number of nitrogens with zero attached hydrogens (tertiary/aromatic N) is 3.